The monoisotopic (exact) mass is 383 g/mol. The van der Waals surface area contributed by atoms with Crippen molar-refractivity contribution in [2.75, 3.05) is 32.0 Å². The molecule has 0 unspecified atom stereocenters. The molecule has 1 saturated heterocycles. The number of carbonyl (C=O) groups excluding carboxylic acids is 1. The number of piperazine rings is 1. The number of nitrogens with zero attached hydrogens (tertiary/aromatic N) is 6. The number of likely N-dealkylation sites (N-methyl/N-ethyl adjacent to an activating group) is 1. The smallest absolute Gasteiger partial charge is 0.322 e. The molecule has 1 aromatic carbocycles. The third-order valence-electron chi connectivity index (χ3n) is 4.82. The van der Waals surface area contributed by atoms with E-state index in [1.54, 1.807) is 11.1 Å². The van der Waals surface area contributed by atoms with Gasteiger partial charge in [-0.1, -0.05) is 23.5 Å². The summed E-state index contributed by atoms with van der Waals surface area (Å²) in [7, 11) is 2.07. The highest BCUT2D eigenvalue weighted by molar-refractivity contribution is 7.14. The van der Waals surface area contributed by atoms with Gasteiger partial charge in [-0.2, -0.15) is 0 Å². The number of aryl methyl sites for hydroxylation is 1. The van der Waals surface area contributed by atoms with Gasteiger partial charge in [0, 0.05) is 42.8 Å². The largest absolute Gasteiger partial charge is 0.324 e. The second kappa shape index (κ2) is 7.16. The summed E-state index contributed by atoms with van der Waals surface area (Å²) in [5, 5.41) is 13.7. The molecule has 3 aromatic rings. The number of hydrogen-bond acceptors (Lipinski definition) is 7. The van der Waals surface area contributed by atoms with Gasteiger partial charge in [0.2, 0.25) is 5.95 Å². The van der Waals surface area contributed by atoms with E-state index in [2.05, 4.69) is 44.4 Å². The Kier molecular flexibility index (Phi) is 4.71. The van der Waals surface area contributed by atoms with Crippen molar-refractivity contribution in [3.05, 3.63) is 29.4 Å². The summed E-state index contributed by atoms with van der Waals surface area (Å²) >= 11 is 1.54. The van der Waals surface area contributed by atoms with Crippen LogP contribution in [0.4, 0.5) is 10.7 Å². The first-order chi connectivity index (χ1) is 13.0. The molecule has 1 aliphatic heterocycles. The second-order valence-electron chi connectivity index (χ2n) is 6.80. The quantitative estimate of drug-likeness (QED) is 0.732. The van der Waals surface area contributed by atoms with Crippen LogP contribution in [-0.4, -0.2) is 68.7 Å². The van der Waals surface area contributed by atoms with Crippen LogP contribution in [0.3, 0.4) is 0 Å². The van der Waals surface area contributed by atoms with E-state index in [0.29, 0.717) is 25.1 Å². The summed E-state index contributed by atoms with van der Waals surface area (Å²) in [6.07, 6.45) is 1.72. The fourth-order valence-electron chi connectivity index (χ4n) is 3.04. The fraction of sp³-hybridized carbons (Fsp3) is 0.389. The second-order valence-corrected chi connectivity index (χ2v) is 7.98. The van der Waals surface area contributed by atoms with Crippen molar-refractivity contribution in [1.82, 2.24) is 30.0 Å². The molecule has 0 aliphatic carbocycles. The number of benzene rings is 1. The number of amides is 2. The zero-order valence-electron chi connectivity index (χ0n) is 15.5. The Bertz CT molecular complexity index is 989. The lowest BCUT2D eigenvalue weighted by atomic mass is 10.1. The van der Waals surface area contributed by atoms with E-state index in [4.69, 9.17) is 0 Å². The highest BCUT2D eigenvalue weighted by Gasteiger charge is 2.24. The van der Waals surface area contributed by atoms with Gasteiger partial charge in [-0.15, -0.1) is 10.2 Å². The van der Waals surface area contributed by atoms with E-state index in [9.17, 15) is 4.79 Å². The zero-order chi connectivity index (χ0) is 19.0. The number of rotatable bonds is 2. The van der Waals surface area contributed by atoms with Crippen molar-refractivity contribution >= 4 is 34.2 Å². The molecule has 1 aliphatic rings. The molecule has 140 valence electrons. The highest BCUT2D eigenvalue weighted by atomic mass is 32.1. The van der Waals surface area contributed by atoms with Crippen molar-refractivity contribution < 1.29 is 4.79 Å². The molecule has 3 heterocycles. The minimum absolute atomic E-state index is 0.162. The molecule has 9 heteroatoms. The molecule has 2 amide bonds. The fourth-order valence-corrected chi connectivity index (χ4v) is 3.73. The van der Waals surface area contributed by atoms with Crippen molar-refractivity contribution in [1.29, 1.82) is 0 Å². The van der Waals surface area contributed by atoms with Crippen molar-refractivity contribution in [3.63, 3.8) is 0 Å². The number of aromatic nitrogens is 4. The normalized spacial score (nSPS) is 18.0. The van der Waals surface area contributed by atoms with Crippen LogP contribution in [0.5, 0.6) is 0 Å². The highest BCUT2D eigenvalue weighted by Crippen LogP contribution is 2.26. The zero-order valence-corrected chi connectivity index (χ0v) is 16.3. The van der Waals surface area contributed by atoms with Gasteiger partial charge in [-0.25, -0.2) is 14.8 Å². The lowest BCUT2D eigenvalue weighted by Crippen LogP contribution is -2.53. The van der Waals surface area contributed by atoms with Gasteiger partial charge in [0.15, 0.2) is 0 Å². The first-order valence-corrected chi connectivity index (χ1v) is 9.65. The Morgan fingerprint density at radius 2 is 2.15 bits per heavy atom. The summed E-state index contributed by atoms with van der Waals surface area (Å²) in [6, 6.07) is 6.06. The number of carbonyl (C=O) groups is 1. The molecule has 8 nitrogen and oxygen atoms in total. The van der Waals surface area contributed by atoms with Crippen LogP contribution < -0.4 is 5.32 Å². The van der Waals surface area contributed by atoms with E-state index in [1.807, 2.05) is 25.1 Å². The number of anilines is 1. The average Bonchev–Trinajstić information content (AvgIpc) is 3.09. The topological polar surface area (TPSA) is 87.1 Å². The molecular formula is C18H21N7OS. The Morgan fingerprint density at radius 1 is 1.30 bits per heavy atom. The summed E-state index contributed by atoms with van der Waals surface area (Å²) in [4.78, 5) is 25.4. The molecule has 1 atom stereocenters. The number of urea groups is 1. The molecule has 1 N–H and O–H groups in total. The predicted molar refractivity (Wildman–Crippen MR) is 106 cm³/mol. The van der Waals surface area contributed by atoms with Gasteiger partial charge in [0.1, 0.15) is 10.0 Å². The number of fused-ring (bicyclic) bond motifs is 1. The summed E-state index contributed by atoms with van der Waals surface area (Å²) in [5.41, 5.74) is 1.72. The van der Waals surface area contributed by atoms with E-state index >= 15 is 0 Å². The standard InChI is InChI=1S/C18H21N7OS/c1-11-10-25(7-6-24(11)3)18(26)21-17-19-9-14-5-4-13(8-15(14)20-17)16-23-22-12(2)27-16/h4-5,8-9,11H,6-7,10H2,1-3H3,(H,19,20,21,26)/t11-/m0/s1. The van der Waals surface area contributed by atoms with E-state index in [1.165, 1.54) is 11.3 Å². The average molecular weight is 383 g/mol. The summed E-state index contributed by atoms with van der Waals surface area (Å²) in [5.74, 6) is 0.310. The summed E-state index contributed by atoms with van der Waals surface area (Å²) < 4.78 is 0. The molecule has 0 radical (unpaired) electrons. The lowest BCUT2D eigenvalue weighted by molar-refractivity contribution is 0.125. The first-order valence-electron chi connectivity index (χ1n) is 8.83. The van der Waals surface area contributed by atoms with Crippen LogP contribution in [0.15, 0.2) is 24.4 Å². The maximum Gasteiger partial charge on any atom is 0.324 e. The van der Waals surface area contributed by atoms with Gasteiger partial charge < -0.3 is 9.80 Å². The Balaban J connectivity index is 1.54. The molecule has 0 bridgehead atoms. The molecule has 4 rings (SSSR count). The molecule has 27 heavy (non-hydrogen) atoms. The molecule has 2 aromatic heterocycles. The number of nitrogens with one attached hydrogen (secondary N) is 1. The van der Waals surface area contributed by atoms with Gasteiger partial charge in [-0.05, 0) is 27.0 Å². The van der Waals surface area contributed by atoms with Crippen molar-refractivity contribution in [3.8, 4) is 10.6 Å². The first kappa shape index (κ1) is 17.7. The lowest BCUT2D eigenvalue weighted by Gasteiger charge is -2.37. The van der Waals surface area contributed by atoms with Crippen molar-refractivity contribution in [2.45, 2.75) is 19.9 Å². The van der Waals surface area contributed by atoms with Crippen LogP contribution in [-0.2, 0) is 0 Å². The maximum absolute atomic E-state index is 12.5. The third kappa shape index (κ3) is 3.74. The van der Waals surface area contributed by atoms with E-state index in [-0.39, 0.29) is 6.03 Å². The minimum Gasteiger partial charge on any atom is -0.322 e. The van der Waals surface area contributed by atoms with Gasteiger partial charge in [0.25, 0.3) is 0 Å². The third-order valence-corrected chi connectivity index (χ3v) is 5.71. The predicted octanol–water partition coefficient (Wildman–Crippen LogP) is 2.62. The van der Waals surface area contributed by atoms with Crippen LogP contribution in [0.25, 0.3) is 21.5 Å². The Labute approximate surface area is 161 Å². The number of hydrogen-bond donors (Lipinski definition) is 1. The molecule has 1 fully saturated rings. The molecular weight excluding hydrogens is 362 g/mol. The Hall–Kier alpha value is -2.65. The van der Waals surface area contributed by atoms with Gasteiger partial charge in [0.05, 0.1) is 5.52 Å². The van der Waals surface area contributed by atoms with Gasteiger partial charge >= 0.3 is 6.03 Å². The van der Waals surface area contributed by atoms with Gasteiger partial charge in [-0.3, -0.25) is 5.32 Å². The minimum atomic E-state index is -0.162. The van der Waals surface area contributed by atoms with Crippen LogP contribution in [0, 0.1) is 6.92 Å². The molecule has 0 saturated carbocycles. The Morgan fingerprint density at radius 3 is 2.89 bits per heavy atom. The van der Waals surface area contributed by atoms with Crippen LogP contribution in [0.2, 0.25) is 0 Å². The summed E-state index contributed by atoms with van der Waals surface area (Å²) in [6.45, 7) is 6.29. The van der Waals surface area contributed by atoms with Crippen molar-refractivity contribution in [2.24, 2.45) is 0 Å². The van der Waals surface area contributed by atoms with E-state index in [0.717, 1.165) is 33.0 Å². The van der Waals surface area contributed by atoms with Crippen LogP contribution in [0.1, 0.15) is 11.9 Å². The maximum atomic E-state index is 12.5. The van der Waals surface area contributed by atoms with Crippen LogP contribution >= 0.6 is 11.3 Å². The van der Waals surface area contributed by atoms with E-state index < -0.39 is 0 Å². The SMILES string of the molecule is Cc1nnc(-c2ccc3cnc(NC(=O)N4CCN(C)[C@@H](C)C4)nc3c2)s1. The molecule has 0 spiro atoms.